The van der Waals surface area contributed by atoms with Crippen LogP contribution in [0.5, 0.6) is 0 Å². The predicted molar refractivity (Wildman–Crippen MR) is 62.1 cm³/mol. The quantitative estimate of drug-likeness (QED) is 0.748. The fourth-order valence-corrected chi connectivity index (χ4v) is 3.10. The molecule has 0 aromatic carbocycles. The van der Waals surface area contributed by atoms with Gasteiger partial charge in [0.1, 0.15) is 0 Å². The van der Waals surface area contributed by atoms with Gasteiger partial charge in [0.15, 0.2) is 5.79 Å². The van der Waals surface area contributed by atoms with Gasteiger partial charge in [0.05, 0.1) is 18.8 Å². The third-order valence-corrected chi connectivity index (χ3v) is 4.07. The molecule has 2 rings (SSSR count). The van der Waals surface area contributed by atoms with Crippen LogP contribution >= 0.6 is 0 Å². The molecule has 0 radical (unpaired) electrons. The minimum Gasteiger partial charge on any atom is -0.390 e. The maximum atomic E-state index is 10.3. The summed E-state index contributed by atoms with van der Waals surface area (Å²) < 4.78 is 11.7. The lowest BCUT2D eigenvalue weighted by Crippen LogP contribution is -2.54. The molecule has 0 unspecified atom stereocenters. The van der Waals surface area contributed by atoms with Gasteiger partial charge in [-0.15, -0.1) is 0 Å². The van der Waals surface area contributed by atoms with Crippen LogP contribution in [-0.4, -0.2) is 29.7 Å². The molecule has 0 aromatic heterocycles. The molecule has 3 nitrogen and oxygen atoms in total. The molecule has 94 valence electrons. The van der Waals surface area contributed by atoms with E-state index in [2.05, 4.69) is 13.8 Å². The van der Waals surface area contributed by atoms with Crippen molar-refractivity contribution in [3.63, 3.8) is 0 Å². The Morgan fingerprint density at radius 2 is 1.69 bits per heavy atom. The summed E-state index contributed by atoms with van der Waals surface area (Å²) in [5.41, 5.74) is -0.479. The first kappa shape index (κ1) is 12.3. The Labute approximate surface area is 98.1 Å². The number of aliphatic hydroxyl groups is 1. The normalized spacial score (nSPS) is 33.2. The van der Waals surface area contributed by atoms with Crippen LogP contribution in [0.4, 0.5) is 0 Å². The lowest BCUT2D eigenvalue weighted by molar-refractivity contribution is -0.261. The van der Waals surface area contributed by atoms with Gasteiger partial charge in [-0.2, -0.15) is 0 Å². The van der Waals surface area contributed by atoms with E-state index < -0.39 is 11.4 Å². The summed E-state index contributed by atoms with van der Waals surface area (Å²) >= 11 is 0. The second-order valence-corrected chi connectivity index (χ2v) is 6.58. The Morgan fingerprint density at radius 1 is 1.12 bits per heavy atom. The van der Waals surface area contributed by atoms with E-state index in [4.69, 9.17) is 9.47 Å². The summed E-state index contributed by atoms with van der Waals surface area (Å²) in [5.74, 6) is -0.459. The Balaban J connectivity index is 2.25. The maximum Gasteiger partial charge on any atom is 0.174 e. The van der Waals surface area contributed by atoms with Crippen molar-refractivity contribution in [2.45, 2.75) is 58.3 Å². The van der Waals surface area contributed by atoms with Gasteiger partial charge in [-0.3, -0.25) is 0 Å². The van der Waals surface area contributed by atoms with Crippen LogP contribution < -0.4 is 0 Å². The highest BCUT2D eigenvalue weighted by Gasteiger charge is 2.55. The lowest BCUT2D eigenvalue weighted by atomic mass is 9.64. The summed E-state index contributed by atoms with van der Waals surface area (Å²) in [7, 11) is 0. The summed E-state index contributed by atoms with van der Waals surface area (Å²) in [6, 6.07) is 0. The summed E-state index contributed by atoms with van der Waals surface area (Å²) in [5, 5.41) is 10.3. The largest absolute Gasteiger partial charge is 0.390 e. The van der Waals surface area contributed by atoms with E-state index in [0.29, 0.717) is 13.2 Å². The van der Waals surface area contributed by atoms with E-state index in [1.807, 2.05) is 13.8 Å². The van der Waals surface area contributed by atoms with E-state index in [-0.39, 0.29) is 11.3 Å². The highest BCUT2D eigenvalue weighted by Crippen LogP contribution is 2.51. The van der Waals surface area contributed by atoms with Gasteiger partial charge in [0.25, 0.3) is 0 Å². The van der Waals surface area contributed by atoms with Crippen molar-refractivity contribution in [2.75, 3.05) is 13.2 Å². The first-order valence-corrected chi connectivity index (χ1v) is 6.26. The first-order valence-electron chi connectivity index (χ1n) is 6.26. The summed E-state index contributed by atoms with van der Waals surface area (Å²) in [6.45, 7) is 9.57. The minimum atomic E-state index is -0.748. The van der Waals surface area contributed by atoms with Gasteiger partial charge in [-0.25, -0.2) is 0 Å². The second-order valence-electron chi connectivity index (χ2n) is 6.58. The lowest BCUT2D eigenvalue weighted by Gasteiger charge is -2.50. The average Bonchev–Trinajstić information content (AvgIpc) is 2.58. The molecule has 16 heavy (non-hydrogen) atoms. The molecule has 1 saturated heterocycles. The predicted octanol–water partition coefficient (Wildman–Crippen LogP) is 2.33. The zero-order valence-electron chi connectivity index (χ0n) is 10.9. The zero-order valence-corrected chi connectivity index (χ0v) is 10.9. The van der Waals surface area contributed by atoms with E-state index in [0.717, 1.165) is 19.3 Å². The molecule has 0 bridgehead atoms. The Kier molecular flexibility index (Phi) is 2.84. The SMILES string of the molecule is CC1(C)CCC2(OCCO2)[C@@H](C(C)(C)O)C1. The van der Waals surface area contributed by atoms with Crippen molar-refractivity contribution in [3.8, 4) is 0 Å². The van der Waals surface area contributed by atoms with Crippen LogP contribution in [0.1, 0.15) is 47.0 Å². The Morgan fingerprint density at radius 3 is 2.19 bits per heavy atom. The van der Waals surface area contributed by atoms with Crippen molar-refractivity contribution in [3.05, 3.63) is 0 Å². The number of rotatable bonds is 1. The smallest absolute Gasteiger partial charge is 0.174 e. The fourth-order valence-electron chi connectivity index (χ4n) is 3.10. The van der Waals surface area contributed by atoms with Crippen LogP contribution in [0.2, 0.25) is 0 Å². The average molecular weight is 228 g/mol. The van der Waals surface area contributed by atoms with Gasteiger partial charge in [0.2, 0.25) is 0 Å². The van der Waals surface area contributed by atoms with Crippen LogP contribution in [-0.2, 0) is 9.47 Å². The second kappa shape index (κ2) is 3.69. The van der Waals surface area contributed by atoms with Crippen molar-refractivity contribution < 1.29 is 14.6 Å². The van der Waals surface area contributed by atoms with Crippen LogP contribution in [0.3, 0.4) is 0 Å². The van der Waals surface area contributed by atoms with Crippen molar-refractivity contribution in [1.82, 2.24) is 0 Å². The van der Waals surface area contributed by atoms with E-state index in [1.165, 1.54) is 0 Å². The third-order valence-electron chi connectivity index (χ3n) is 4.07. The van der Waals surface area contributed by atoms with E-state index in [9.17, 15) is 5.11 Å². The van der Waals surface area contributed by atoms with E-state index >= 15 is 0 Å². The van der Waals surface area contributed by atoms with Crippen molar-refractivity contribution in [2.24, 2.45) is 11.3 Å². The van der Waals surface area contributed by atoms with Gasteiger partial charge in [-0.1, -0.05) is 13.8 Å². The monoisotopic (exact) mass is 228 g/mol. The standard InChI is InChI=1S/C13H24O3/c1-11(2)5-6-13(15-7-8-16-13)10(9-11)12(3,4)14/h10,14H,5-9H2,1-4H3/t10-/m1/s1. The summed E-state index contributed by atoms with van der Waals surface area (Å²) in [6.07, 6.45) is 2.95. The molecule has 2 fully saturated rings. The molecule has 1 saturated carbocycles. The molecule has 1 aliphatic heterocycles. The molecule has 0 amide bonds. The molecular formula is C13H24O3. The van der Waals surface area contributed by atoms with E-state index in [1.54, 1.807) is 0 Å². The molecule has 3 heteroatoms. The molecule has 1 atom stereocenters. The Bertz CT molecular complexity index is 259. The molecule has 2 aliphatic rings. The van der Waals surface area contributed by atoms with Crippen LogP contribution in [0, 0.1) is 11.3 Å². The molecule has 1 aliphatic carbocycles. The minimum absolute atomic E-state index is 0.0613. The number of hydrogen-bond acceptors (Lipinski definition) is 3. The molecule has 0 aromatic rings. The van der Waals surface area contributed by atoms with Crippen LogP contribution in [0.15, 0.2) is 0 Å². The van der Waals surface area contributed by atoms with Crippen molar-refractivity contribution in [1.29, 1.82) is 0 Å². The number of ether oxygens (including phenoxy) is 2. The number of hydrogen-bond donors (Lipinski definition) is 1. The zero-order chi connectivity index (χ0) is 12.0. The Hall–Kier alpha value is -0.120. The maximum absolute atomic E-state index is 10.3. The molecular weight excluding hydrogens is 204 g/mol. The molecule has 1 spiro atoms. The first-order chi connectivity index (χ1) is 7.25. The topological polar surface area (TPSA) is 38.7 Å². The molecule has 1 heterocycles. The third kappa shape index (κ3) is 2.13. The van der Waals surface area contributed by atoms with Gasteiger partial charge in [0, 0.05) is 12.3 Å². The summed E-state index contributed by atoms with van der Waals surface area (Å²) in [4.78, 5) is 0. The van der Waals surface area contributed by atoms with Gasteiger partial charge < -0.3 is 14.6 Å². The van der Waals surface area contributed by atoms with Gasteiger partial charge >= 0.3 is 0 Å². The molecule has 1 N–H and O–H groups in total. The highest BCUT2D eigenvalue weighted by atomic mass is 16.7. The highest BCUT2D eigenvalue weighted by molar-refractivity contribution is 4.99. The van der Waals surface area contributed by atoms with Crippen LogP contribution in [0.25, 0.3) is 0 Å². The van der Waals surface area contributed by atoms with Crippen molar-refractivity contribution >= 4 is 0 Å². The fraction of sp³-hybridized carbons (Fsp3) is 1.00. The van der Waals surface area contributed by atoms with Gasteiger partial charge in [-0.05, 0) is 32.1 Å².